The molecule has 0 spiro atoms. The van der Waals surface area contributed by atoms with Gasteiger partial charge in [-0.2, -0.15) is 5.10 Å². The van der Waals surface area contributed by atoms with Crippen LogP contribution in [0.1, 0.15) is 88.8 Å². The normalized spacial score (nSPS) is 22.0. The second-order valence-corrected chi connectivity index (χ2v) is 11.0. The summed E-state index contributed by atoms with van der Waals surface area (Å²) in [5, 5.41) is 8.06. The van der Waals surface area contributed by atoms with E-state index < -0.39 is 5.54 Å². The van der Waals surface area contributed by atoms with Crippen molar-refractivity contribution in [3.05, 3.63) is 41.7 Å². The van der Waals surface area contributed by atoms with E-state index in [-0.39, 0.29) is 23.3 Å². The maximum atomic E-state index is 13.9. The van der Waals surface area contributed by atoms with Crippen LogP contribution in [0.3, 0.4) is 0 Å². The number of amides is 2. The van der Waals surface area contributed by atoms with Gasteiger partial charge in [0.05, 0.1) is 19.3 Å². The summed E-state index contributed by atoms with van der Waals surface area (Å²) < 4.78 is 7.03. The van der Waals surface area contributed by atoms with E-state index in [1.54, 1.807) is 16.7 Å². The topological polar surface area (TPSA) is 76.5 Å². The molecule has 7 heteroatoms. The zero-order chi connectivity index (χ0) is 24.5. The van der Waals surface area contributed by atoms with Crippen molar-refractivity contribution < 1.29 is 14.3 Å². The predicted molar refractivity (Wildman–Crippen MR) is 133 cm³/mol. The molecule has 1 aliphatic carbocycles. The van der Waals surface area contributed by atoms with Crippen LogP contribution in [-0.4, -0.2) is 40.3 Å². The van der Waals surface area contributed by atoms with Crippen molar-refractivity contribution in [3.63, 3.8) is 0 Å². The first-order valence-electron chi connectivity index (χ1n) is 12.5. The van der Waals surface area contributed by atoms with Gasteiger partial charge in [0.25, 0.3) is 5.91 Å². The fourth-order valence-corrected chi connectivity index (χ4v) is 5.03. The Morgan fingerprint density at radius 1 is 1.09 bits per heavy atom. The predicted octanol–water partition coefficient (Wildman–Crippen LogP) is 4.84. The molecule has 2 aliphatic rings. The highest BCUT2D eigenvalue weighted by Crippen LogP contribution is 2.35. The van der Waals surface area contributed by atoms with E-state index in [9.17, 15) is 9.59 Å². The number of benzene rings is 1. The molecule has 1 aliphatic heterocycles. The summed E-state index contributed by atoms with van der Waals surface area (Å²) in [5.74, 6) is 0.365. The van der Waals surface area contributed by atoms with Gasteiger partial charge in [-0.05, 0) is 50.1 Å². The number of nitrogens with zero attached hydrogens (tertiary/aromatic N) is 3. The summed E-state index contributed by atoms with van der Waals surface area (Å²) in [4.78, 5) is 29.4. The third kappa shape index (κ3) is 4.70. The van der Waals surface area contributed by atoms with Crippen molar-refractivity contribution in [2.75, 3.05) is 12.0 Å². The van der Waals surface area contributed by atoms with Gasteiger partial charge in [-0.25, -0.2) is 0 Å². The fourth-order valence-electron chi connectivity index (χ4n) is 5.03. The van der Waals surface area contributed by atoms with Crippen molar-refractivity contribution in [2.24, 2.45) is 0 Å². The van der Waals surface area contributed by atoms with E-state index in [1.165, 1.54) is 19.3 Å². The van der Waals surface area contributed by atoms with Crippen molar-refractivity contribution in [3.8, 4) is 5.75 Å². The van der Waals surface area contributed by atoms with Crippen LogP contribution in [0, 0.1) is 0 Å². The largest absolute Gasteiger partial charge is 0.497 e. The molecule has 0 saturated heterocycles. The number of rotatable bonds is 4. The SMILES string of the molecule is COc1ccc(N2C(=O)c3cc(C(C)(C)C)nn3CC2(C)C(=O)NC2CCCCCCC2)cc1. The molecule has 7 nitrogen and oxygen atoms in total. The van der Waals surface area contributed by atoms with Crippen molar-refractivity contribution >= 4 is 17.5 Å². The number of carbonyl (C=O) groups is 2. The molecule has 1 atom stereocenters. The molecule has 1 fully saturated rings. The first-order chi connectivity index (χ1) is 16.1. The van der Waals surface area contributed by atoms with E-state index in [2.05, 4.69) is 26.1 Å². The van der Waals surface area contributed by atoms with Gasteiger partial charge in [0, 0.05) is 17.1 Å². The molecular weight excluding hydrogens is 428 g/mol. The molecule has 1 N–H and O–H groups in total. The smallest absolute Gasteiger partial charge is 0.277 e. The third-order valence-electron chi connectivity index (χ3n) is 7.18. The number of carbonyl (C=O) groups excluding carboxylic acids is 2. The highest BCUT2D eigenvalue weighted by atomic mass is 16.5. The monoisotopic (exact) mass is 466 g/mol. The van der Waals surface area contributed by atoms with Crippen molar-refractivity contribution in [1.82, 2.24) is 15.1 Å². The lowest BCUT2D eigenvalue weighted by atomic mass is 9.90. The molecule has 1 saturated carbocycles. The molecule has 1 unspecified atom stereocenters. The van der Waals surface area contributed by atoms with Crippen LogP contribution in [0.15, 0.2) is 30.3 Å². The minimum Gasteiger partial charge on any atom is -0.497 e. The number of ether oxygens (including phenoxy) is 1. The number of methoxy groups -OCH3 is 1. The van der Waals surface area contributed by atoms with Crippen molar-refractivity contribution in [1.29, 1.82) is 0 Å². The maximum Gasteiger partial charge on any atom is 0.277 e. The van der Waals surface area contributed by atoms with Crippen LogP contribution in [0.4, 0.5) is 5.69 Å². The van der Waals surface area contributed by atoms with E-state index in [0.717, 1.165) is 31.4 Å². The first kappa shape index (κ1) is 24.3. The van der Waals surface area contributed by atoms with Gasteiger partial charge in [0.2, 0.25) is 5.91 Å². The van der Waals surface area contributed by atoms with E-state index >= 15 is 0 Å². The Kier molecular flexibility index (Phi) is 6.74. The van der Waals surface area contributed by atoms with Crippen LogP contribution in [-0.2, 0) is 16.8 Å². The summed E-state index contributed by atoms with van der Waals surface area (Å²) >= 11 is 0. The van der Waals surface area contributed by atoms with Gasteiger partial charge < -0.3 is 10.1 Å². The number of aromatic nitrogens is 2. The standard InChI is InChI=1S/C27H38N4O3/c1-26(2,3)23-17-22-24(32)31(20-13-15-21(34-5)16-14-20)27(4,18-30(22)29-23)25(33)28-19-11-9-7-6-8-10-12-19/h13-17,19H,6-12,18H2,1-5H3,(H,28,33). The highest BCUT2D eigenvalue weighted by Gasteiger charge is 2.49. The van der Waals surface area contributed by atoms with E-state index in [4.69, 9.17) is 9.84 Å². The Bertz CT molecular complexity index is 1030. The van der Waals surface area contributed by atoms with Gasteiger partial charge in [-0.3, -0.25) is 19.2 Å². The van der Waals surface area contributed by atoms with Crippen LogP contribution >= 0.6 is 0 Å². The molecule has 1 aromatic heterocycles. The minimum atomic E-state index is -1.11. The molecule has 2 aromatic rings. The Balaban J connectivity index is 1.72. The molecule has 4 rings (SSSR count). The van der Waals surface area contributed by atoms with Gasteiger partial charge >= 0.3 is 0 Å². The average molecular weight is 467 g/mol. The summed E-state index contributed by atoms with van der Waals surface area (Å²) in [7, 11) is 1.61. The number of hydrogen-bond acceptors (Lipinski definition) is 4. The minimum absolute atomic E-state index is 0.124. The molecule has 184 valence electrons. The molecular formula is C27H38N4O3. The highest BCUT2D eigenvalue weighted by molar-refractivity contribution is 6.11. The lowest BCUT2D eigenvalue weighted by Crippen LogP contribution is -2.65. The zero-order valence-corrected chi connectivity index (χ0v) is 21.2. The molecule has 1 aromatic carbocycles. The van der Waals surface area contributed by atoms with Crippen molar-refractivity contribution in [2.45, 2.75) is 96.2 Å². The Labute approximate surface area is 202 Å². The Morgan fingerprint density at radius 3 is 2.29 bits per heavy atom. The summed E-state index contributed by atoms with van der Waals surface area (Å²) in [6.07, 6.45) is 7.93. The Hall–Kier alpha value is -2.83. The van der Waals surface area contributed by atoms with E-state index in [1.807, 2.05) is 37.3 Å². The molecule has 34 heavy (non-hydrogen) atoms. The Morgan fingerprint density at radius 2 is 1.71 bits per heavy atom. The molecule has 2 heterocycles. The summed E-state index contributed by atoms with van der Waals surface area (Å²) in [6.45, 7) is 8.39. The fraction of sp³-hybridized carbons (Fsp3) is 0.593. The second-order valence-electron chi connectivity index (χ2n) is 11.0. The lowest BCUT2D eigenvalue weighted by Gasteiger charge is -2.43. The average Bonchev–Trinajstić information content (AvgIpc) is 3.20. The lowest BCUT2D eigenvalue weighted by molar-refractivity contribution is -0.127. The molecule has 2 amide bonds. The van der Waals surface area contributed by atoms with E-state index in [0.29, 0.717) is 23.7 Å². The van der Waals surface area contributed by atoms with Gasteiger partial charge in [0.15, 0.2) is 0 Å². The zero-order valence-electron chi connectivity index (χ0n) is 21.2. The first-order valence-corrected chi connectivity index (χ1v) is 12.5. The van der Waals surface area contributed by atoms with Gasteiger partial charge in [0.1, 0.15) is 17.0 Å². The second kappa shape index (κ2) is 9.43. The number of nitrogens with one attached hydrogen (secondary N) is 1. The molecule has 0 bridgehead atoms. The number of fused-ring (bicyclic) bond motifs is 1. The summed E-state index contributed by atoms with van der Waals surface area (Å²) in [5.41, 5.74) is 0.716. The van der Waals surface area contributed by atoms with Crippen LogP contribution in [0.2, 0.25) is 0 Å². The van der Waals surface area contributed by atoms with Gasteiger partial charge in [-0.1, -0.05) is 52.9 Å². The van der Waals surface area contributed by atoms with Gasteiger partial charge in [-0.15, -0.1) is 0 Å². The van der Waals surface area contributed by atoms with Crippen LogP contribution < -0.4 is 15.0 Å². The number of hydrogen-bond donors (Lipinski definition) is 1. The van der Waals surface area contributed by atoms with Crippen LogP contribution in [0.25, 0.3) is 0 Å². The summed E-state index contributed by atoms with van der Waals surface area (Å²) in [6, 6.07) is 9.33. The quantitative estimate of drug-likeness (QED) is 0.700. The maximum absolute atomic E-state index is 13.9. The number of anilines is 1. The van der Waals surface area contributed by atoms with Crippen LogP contribution in [0.5, 0.6) is 5.75 Å². The molecule has 0 radical (unpaired) electrons. The third-order valence-corrected chi connectivity index (χ3v) is 7.18.